The number of hydrogen-bond acceptors (Lipinski definition) is 1. The molecule has 3 heteroatoms. The van der Waals surface area contributed by atoms with E-state index in [1.54, 1.807) is 0 Å². The summed E-state index contributed by atoms with van der Waals surface area (Å²) in [4.78, 5) is 4.95. The van der Waals surface area contributed by atoms with Gasteiger partial charge in [0.15, 0.2) is 0 Å². The Morgan fingerprint density at radius 1 is 0.527 bits per heavy atom. The van der Waals surface area contributed by atoms with Gasteiger partial charge in [-0.15, -0.1) is 0 Å². The monoisotopic (exact) mass is 717 g/mol. The third kappa shape index (κ3) is 6.74. The molecule has 3 heterocycles. The molecule has 10 rings (SSSR count). The van der Waals surface area contributed by atoms with Crippen LogP contribution in [0.25, 0.3) is 71.8 Å². The highest BCUT2D eigenvalue weighted by molar-refractivity contribution is 6.13. The molecule has 0 radical (unpaired) electrons. The molecule has 4 aromatic carbocycles. The van der Waals surface area contributed by atoms with Crippen LogP contribution < -0.4 is 0 Å². The molecule has 0 bridgehead atoms. The van der Waals surface area contributed by atoms with Crippen LogP contribution in [0.3, 0.4) is 0 Å². The van der Waals surface area contributed by atoms with Crippen molar-refractivity contribution in [2.75, 3.05) is 0 Å². The van der Waals surface area contributed by atoms with Crippen LogP contribution in [0.2, 0.25) is 0 Å². The van der Waals surface area contributed by atoms with E-state index in [0.29, 0.717) is 0 Å². The van der Waals surface area contributed by atoms with Crippen LogP contribution in [-0.2, 0) is 0 Å². The summed E-state index contributed by atoms with van der Waals surface area (Å²) in [5, 5.41) is 3.75. The van der Waals surface area contributed by atoms with Crippen LogP contribution in [0.4, 0.5) is 0 Å². The molecule has 3 aliphatic carbocycles. The average molecular weight is 718 g/mol. The molecule has 0 fully saturated rings. The van der Waals surface area contributed by atoms with Crippen molar-refractivity contribution in [1.82, 2.24) is 14.1 Å². The van der Waals surface area contributed by atoms with Crippen molar-refractivity contribution in [1.29, 1.82) is 0 Å². The Hall–Kier alpha value is -5.93. The fraction of sp³-hybridized carbons (Fsp3) is 0.212. The number of para-hydroxylation sites is 1. The highest BCUT2D eigenvalue weighted by atomic mass is 15.0. The number of nitrogens with zero attached hydrogens (tertiary/aromatic N) is 3. The second-order valence-corrected chi connectivity index (χ2v) is 14.1. The van der Waals surface area contributed by atoms with E-state index < -0.39 is 0 Å². The molecule has 0 saturated carbocycles. The Bertz CT molecular complexity index is 2700. The predicted molar refractivity (Wildman–Crippen MR) is 239 cm³/mol. The summed E-state index contributed by atoms with van der Waals surface area (Å²) in [5.74, 6) is 0. The number of pyridine rings is 1. The fourth-order valence-corrected chi connectivity index (χ4v) is 8.58. The second-order valence-electron chi connectivity index (χ2n) is 14.1. The predicted octanol–water partition coefficient (Wildman–Crippen LogP) is 15.0. The number of benzene rings is 4. The highest BCUT2D eigenvalue weighted by Gasteiger charge is 2.19. The molecule has 7 aromatic rings. The number of allylic oxidation sites excluding steroid dienone is 12. The van der Waals surface area contributed by atoms with Gasteiger partial charge in [0.05, 0.1) is 27.6 Å². The molecule has 0 saturated heterocycles. The SMILES string of the molecule is C1=CC(C2=CC=C(n3c4ccc(-c5ccc6c(c5)c5ccccc5n6C5=CCCC(c6ccccc6)=C5)cc4c4ncccc43)CCC2)=CCC1.CC.CC. The Balaban J connectivity index is 0.00000104. The van der Waals surface area contributed by atoms with E-state index in [9.17, 15) is 0 Å². The normalized spacial score (nSPS) is 15.6. The van der Waals surface area contributed by atoms with Gasteiger partial charge in [-0.2, -0.15) is 0 Å². The molecular formula is C52H51N3. The summed E-state index contributed by atoms with van der Waals surface area (Å²) in [6.07, 6.45) is 26.1. The number of rotatable bonds is 5. The van der Waals surface area contributed by atoms with Crippen molar-refractivity contribution in [3.63, 3.8) is 0 Å². The lowest BCUT2D eigenvalue weighted by Crippen LogP contribution is -2.00. The second kappa shape index (κ2) is 16.2. The van der Waals surface area contributed by atoms with Crippen LogP contribution in [0.1, 0.15) is 78.2 Å². The Kier molecular flexibility index (Phi) is 10.6. The Morgan fingerprint density at radius 3 is 2.05 bits per heavy atom. The van der Waals surface area contributed by atoms with Gasteiger partial charge in [-0.05, 0) is 133 Å². The van der Waals surface area contributed by atoms with Crippen molar-refractivity contribution < 1.29 is 0 Å². The standard InChI is InChI=1S/C48H39N3.2C2H6/c1-3-12-33(13-4-1)35-16-9-18-39(26-23-35)50-46-28-25-38(32-43(46)48-47(50)22-11-29-49-48)37-24-27-45-42(31-37)41-20-7-8-21-44(41)51(45)40-19-10-17-36(30-40)34-14-5-2-6-15-34;2*1-2/h2-3,5-8,11-15,19-32H,1,4,9-10,16-18H2;2*1-2H3. The molecule has 55 heavy (non-hydrogen) atoms. The first kappa shape index (κ1) is 36.1. The first-order chi connectivity index (χ1) is 27.3. The summed E-state index contributed by atoms with van der Waals surface area (Å²) in [6.45, 7) is 8.00. The van der Waals surface area contributed by atoms with Crippen molar-refractivity contribution in [2.45, 2.75) is 72.6 Å². The zero-order chi connectivity index (χ0) is 37.7. The smallest absolute Gasteiger partial charge is 0.0963 e. The molecular weight excluding hydrogens is 667 g/mol. The van der Waals surface area contributed by atoms with Crippen LogP contribution in [0.5, 0.6) is 0 Å². The molecule has 3 aliphatic rings. The zero-order valence-corrected chi connectivity index (χ0v) is 32.7. The van der Waals surface area contributed by atoms with Crippen LogP contribution >= 0.6 is 0 Å². The largest absolute Gasteiger partial charge is 0.311 e. The minimum atomic E-state index is 1.03. The summed E-state index contributed by atoms with van der Waals surface area (Å²) in [5.41, 5.74) is 16.5. The Morgan fingerprint density at radius 2 is 1.25 bits per heavy atom. The van der Waals surface area contributed by atoms with Crippen LogP contribution in [0.15, 0.2) is 163 Å². The summed E-state index contributed by atoms with van der Waals surface area (Å²) >= 11 is 0. The lowest BCUT2D eigenvalue weighted by Gasteiger charge is -2.17. The molecule has 0 amide bonds. The van der Waals surface area contributed by atoms with Crippen LogP contribution in [0, 0.1) is 0 Å². The van der Waals surface area contributed by atoms with E-state index in [1.165, 1.54) is 83.0 Å². The molecule has 0 aliphatic heterocycles. The van der Waals surface area contributed by atoms with Crippen LogP contribution in [-0.4, -0.2) is 14.1 Å². The van der Waals surface area contributed by atoms with Gasteiger partial charge in [-0.25, -0.2) is 0 Å². The topological polar surface area (TPSA) is 22.8 Å². The van der Waals surface area contributed by atoms with Gasteiger partial charge in [0.1, 0.15) is 0 Å². The molecule has 0 spiro atoms. The third-order valence-corrected chi connectivity index (χ3v) is 11.0. The van der Waals surface area contributed by atoms with Gasteiger partial charge in [0.25, 0.3) is 0 Å². The van der Waals surface area contributed by atoms with Gasteiger partial charge >= 0.3 is 0 Å². The molecule has 3 nitrogen and oxygen atoms in total. The van der Waals surface area contributed by atoms with E-state index in [2.05, 4.69) is 155 Å². The minimum absolute atomic E-state index is 1.03. The molecule has 274 valence electrons. The van der Waals surface area contributed by atoms with Gasteiger partial charge in [0, 0.05) is 33.7 Å². The van der Waals surface area contributed by atoms with Crippen molar-refractivity contribution in [3.05, 3.63) is 169 Å². The molecule has 3 aromatic heterocycles. The first-order valence-corrected chi connectivity index (χ1v) is 20.5. The van der Waals surface area contributed by atoms with Gasteiger partial charge in [0.2, 0.25) is 0 Å². The molecule has 0 N–H and O–H groups in total. The molecule has 0 atom stereocenters. The number of fused-ring (bicyclic) bond motifs is 6. The lowest BCUT2D eigenvalue weighted by molar-refractivity contribution is 0.834. The summed E-state index contributed by atoms with van der Waals surface area (Å²) < 4.78 is 4.91. The van der Waals surface area contributed by atoms with E-state index in [-0.39, 0.29) is 0 Å². The van der Waals surface area contributed by atoms with Gasteiger partial charge < -0.3 is 9.13 Å². The van der Waals surface area contributed by atoms with E-state index in [0.717, 1.165) is 50.5 Å². The fourth-order valence-electron chi connectivity index (χ4n) is 8.58. The Labute approximate surface area is 326 Å². The average Bonchev–Trinajstić information content (AvgIpc) is 3.66. The summed E-state index contributed by atoms with van der Waals surface area (Å²) in [7, 11) is 0. The highest BCUT2D eigenvalue weighted by Crippen LogP contribution is 2.40. The van der Waals surface area contributed by atoms with Gasteiger partial charge in [-0.3, -0.25) is 4.98 Å². The number of aromatic nitrogens is 3. The maximum atomic E-state index is 4.95. The third-order valence-electron chi connectivity index (χ3n) is 11.0. The quantitative estimate of drug-likeness (QED) is 0.174. The minimum Gasteiger partial charge on any atom is -0.311 e. The van der Waals surface area contributed by atoms with Crippen molar-refractivity contribution >= 4 is 60.7 Å². The maximum absolute atomic E-state index is 4.95. The number of hydrogen-bond donors (Lipinski definition) is 0. The first-order valence-electron chi connectivity index (χ1n) is 20.5. The van der Waals surface area contributed by atoms with Gasteiger partial charge in [-0.1, -0.05) is 119 Å². The van der Waals surface area contributed by atoms with E-state index in [4.69, 9.17) is 4.98 Å². The van der Waals surface area contributed by atoms with Crippen molar-refractivity contribution in [3.8, 4) is 11.1 Å². The van der Waals surface area contributed by atoms with E-state index in [1.807, 2.05) is 33.9 Å². The maximum Gasteiger partial charge on any atom is 0.0963 e. The lowest BCUT2D eigenvalue weighted by atomic mass is 9.96. The van der Waals surface area contributed by atoms with Crippen molar-refractivity contribution in [2.24, 2.45) is 0 Å². The van der Waals surface area contributed by atoms with E-state index >= 15 is 0 Å². The summed E-state index contributed by atoms with van der Waals surface area (Å²) in [6, 6.07) is 37.9. The zero-order valence-electron chi connectivity index (χ0n) is 32.7. The molecule has 0 unspecified atom stereocenters.